The van der Waals surface area contributed by atoms with Crippen molar-refractivity contribution in [3.05, 3.63) is 34.2 Å². The average molecular weight is 227 g/mol. The molecule has 1 heterocycles. The van der Waals surface area contributed by atoms with Crippen LogP contribution in [0.1, 0.15) is 32.6 Å². The predicted molar refractivity (Wildman–Crippen MR) is 59.8 cm³/mol. The maximum atomic E-state index is 11.1. The Labute approximate surface area is 94.3 Å². The van der Waals surface area contributed by atoms with Crippen molar-refractivity contribution in [2.75, 3.05) is 0 Å². The smallest absolute Gasteiger partial charge is 0.305 e. The zero-order valence-electron chi connectivity index (χ0n) is 9.93. The van der Waals surface area contributed by atoms with Gasteiger partial charge in [-0.15, -0.1) is 0 Å². The van der Waals surface area contributed by atoms with Crippen LogP contribution in [0.5, 0.6) is 0 Å². The zero-order chi connectivity index (χ0) is 12.7. The van der Waals surface area contributed by atoms with Gasteiger partial charge in [-0.25, -0.2) is 0 Å². The number of rotatable bonds is 2. The van der Waals surface area contributed by atoms with Gasteiger partial charge >= 0.3 is 5.97 Å². The molecule has 5 nitrogen and oxygen atoms in total. The van der Waals surface area contributed by atoms with Crippen LogP contribution in [0.2, 0.25) is 0 Å². The maximum absolute atomic E-state index is 11.1. The van der Waals surface area contributed by atoms with Gasteiger partial charge in [0.1, 0.15) is 0 Å². The number of ether oxygens (including phenoxy) is 1. The molecule has 0 amide bonds. The van der Waals surface area contributed by atoms with Gasteiger partial charge in [-0.05, 0) is 6.07 Å². The number of aryl methyl sites for hydroxylation is 1. The Kier molecular flexibility index (Phi) is 6.10. The molecule has 1 atom stereocenters. The highest BCUT2D eigenvalue weighted by atomic mass is 16.6. The van der Waals surface area contributed by atoms with Crippen LogP contribution in [0.4, 0.5) is 0 Å². The van der Waals surface area contributed by atoms with E-state index in [0.29, 0.717) is 0 Å². The summed E-state index contributed by atoms with van der Waals surface area (Å²) in [6.45, 7) is 5.18. The van der Waals surface area contributed by atoms with Crippen LogP contribution in [-0.4, -0.2) is 15.6 Å². The van der Waals surface area contributed by atoms with Gasteiger partial charge in [0.2, 0.25) is 6.29 Å². The Hall–Kier alpha value is -1.62. The number of pyridine rings is 1. The summed E-state index contributed by atoms with van der Waals surface area (Å²) >= 11 is 0. The molecule has 5 heteroatoms. The largest absolute Gasteiger partial charge is 0.432 e. The van der Waals surface area contributed by atoms with Crippen molar-refractivity contribution < 1.29 is 14.6 Å². The Balaban J connectivity index is 0.00000106. The summed E-state index contributed by atoms with van der Waals surface area (Å²) in [7, 11) is 1.59. The second-order valence-corrected chi connectivity index (χ2v) is 2.87. The third kappa shape index (κ3) is 4.27. The molecule has 0 radical (unpaired) electrons. The Morgan fingerprint density at radius 2 is 2.06 bits per heavy atom. The molecule has 90 valence electrons. The number of carbonyl (C=O) groups excluding carboxylic acids is 1. The topological polar surface area (TPSA) is 68.5 Å². The first-order valence-electron chi connectivity index (χ1n) is 5.02. The molecule has 16 heavy (non-hydrogen) atoms. The first kappa shape index (κ1) is 14.4. The van der Waals surface area contributed by atoms with Crippen LogP contribution in [0, 0.1) is 0 Å². The Bertz CT molecular complexity index is 397. The lowest BCUT2D eigenvalue weighted by atomic mass is 10.2. The molecule has 1 unspecified atom stereocenters. The van der Waals surface area contributed by atoms with E-state index in [-0.39, 0.29) is 11.1 Å². The molecule has 0 aliphatic carbocycles. The zero-order valence-corrected chi connectivity index (χ0v) is 9.93. The van der Waals surface area contributed by atoms with Gasteiger partial charge in [0.25, 0.3) is 5.56 Å². The minimum absolute atomic E-state index is 0.267. The monoisotopic (exact) mass is 227 g/mol. The van der Waals surface area contributed by atoms with E-state index < -0.39 is 12.3 Å². The molecule has 0 aliphatic rings. The first-order chi connectivity index (χ1) is 7.50. The first-order valence-corrected chi connectivity index (χ1v) is 5.02. The van der Waals surface area contributed by atoms with Crippen LogP contribution in [0.25, 0.3) is 0 Å². The van der Waals surface area contributed by atoms with E-state index in [1.54, 1.807) is 7.05 Å². The van der Waals surface area contributed by atoms with E-state index in [4.69, 9.17) is 0 Å². The lowest BCUT2D eigenvalue weighted by Gasteiger charge is -2.10. The van der Waals surface area contributed by atoms with Crippen molar-refractivity contribution in [1.82, 2.24) is 4.57 Å². The molecular formula is C11H17NO4. The number of hydrogen-bond acceptors (Lipinski definition) is 4. The van der Waals surface area contributed by atoms with Gasteiger partial charge < -0.3 is 14.4 Å². The summed E-state index contributed by atoms with van der Waals surface area (Å²) < 4.78 is 5.85. The van der Waals surface area contributed by atoms with E-state index in [0.717, 1.165) is 0 Å². The number of aliphatic hydroxyl groups is 1. The number of aromatic nitrogens is 1. The summed E-state index contributed by atoms with van der Waals surface area (Å²) in [5.41, 5.74) is -0.00278. The molecule has 0 spiro atoms. The van der Waals surface area contributed by atoms with E-state index in [1.807, 2.05) is 13.8 Å². The fourth-order valence-electron chi connectivity index (χ4n) is 0.943. The van der Waals surface area contributed by atoms with Crippen LogP contribution in [-0.2, 0) is 16.6 Å². The summed E-state index contributed by atoms with van der Waals surface area (Å²) in [5, 5.41) is 9.32. The van der Waals surface area contributed by atoms with Crippen molar-refractivity contribution in [3.8, 4) is 0 Å². The van der Waals surface area contributed by atoms with Gasteiger partial charge in [-0.1, -0.05) is 13.8 Å². The molecule has 0 bridgehead atoms. The summed E-state index contributed by atoms with van der Waals surface area (Å²) in [6, 6.07) is 2.72. The van der Waals surface area contributed by atoms with Crippen LogP contribution in [0.15, 0.2) is 23.1 Å². The molecule has 0 saturated heterocycles. The number of carbonyl (C=O) groups is 1. The van der Waals surface area contributed by atoms with Crippen molar-refractivity contribution in [2.45, 2.75) is 27.1 Å². The molecule has 1 aromatic rings. The standard InChI is InChI=1S/C9H11NO4.C2H6/c1-6(11)14-9(13)7-3-4-10(2)8(12)5-7;1-2/h3-5,9,13H,1-2H3;1-2H3. The molecule has 1 N–H and O–H groups in total. The quantitative estimate of drug-likeness (QED) is 0.603. The normalized spacial score (nSPS) is 11.1. The predicted octanol–water partition coefficient (Wildman–Crippen LogP) is 0.966. The van der Waals surface area contributed by atoms with E-state index in [1.165, 1.54) is 29.8 Å². The molecule has 0 aromatic carbocycles. The number of nitrogens with zero attached hydrogens (tertiary/aromatic N) is 1. The fraction of sp³-hybridized carbons (Fsp3) is 0.455. The van der Waals surface area contributed by atoms with Gasteiger partial charge in [-0.3, -0.25) is 9.59 Å². The van der Waals surface area contributed by atoms with Gasteiger partial charge in [0, 0.05) is 31.8 Å². The highest BCUT2D eigenvalue weighted by molar-refractivity contribution is 5.66. The lowest BCUT2D eigenvalue weighted by Crippen LogP contribution is -2.17. The lowest BCUT2D eigenvalue weighted by molar-refractivity contribution is -0.166. The SMILES string of the molecule is CC.CC(=O)OC(O)c1ccn(C)c(=O)c1. The van der Waals surface area contributed by atoms with Gasteiger partial charge in [0.15, 0.2) is 0 Å². The van der Waals surface area contributed by atoms with Crippen LogP contribution >= 0.6 is 0 Å². The Morgan fingerprint density at radius 1 is 1.50 bits per heavy atom. The van der Waals surface area contributed by atoms with E-state index >= 15 is 0 Å². The number of aliphatic hydroxyl groups excluding tert-OH is 1. The molecular weight excluding hydrogens is 210 g/mol. The highest BCUT2D eigenvalue weighted by Crippen LogP contribution is 2.11. The third-order valence-electron chi connectivity index (χ3n) is 1.69. The summed E-state index contributed by atoms with van der Waals surface area (Å²) in [5.74, 6) is -0.599. The minimum atomic E-state index is -1.37. The van der Waals surface area contributed by atoms with Gasteiger partial charge in [0.05, 0.1) is 0 Å². The average Bonchev–Trinajstić information content (AvgIpc) is 2.24. The number of hydrogen-bond donors (Lipinski definition) is 1. The number of esters is 1. The minimum Gasteiger partial charge on any atom is -0.432 e. The molecule has 1 aromatic heterocycles. The summed E-state index contributed by atoms with van der Waals surface area (Å²) in [6.07, 6.45) is 0.117. The molecule has 0 saturated carbocycles. The van der Waals surface area contributed by atoms with E-state index in [2.05, 4.69) is 4.74 Å². The summed E-state index contributed by atoms with van der Waals surface area (Å²) in [4.78, 5) is 21.7. The molecule has 1 rings (SSSR count). The Morgan fingerprint density at radius 3 is 2.50 bits per heavy atom. The highest BCUT2D eigenvalue weighted by Gasteiger charge is 2.10. The van der Waals surface area contributed by atoms with Crippen LogP contribution < -0.4 is 5.56 Å². The van der Waals surface area contributed by atoms with Crippen molar-refractivity contribution in [1.29, 1.82) is 0 Å². The molecule has 0 aliphatic heterocycles. The van der Waals surface area contributed by atoms with Crippen molar-refractivity contribution >= 4 is 5.97 Å². The maximum Gasteiger partial charge on any atom is 0.305 e. The molecule has 0 fully saturated rings. The van der Waals surface area contributed by atoms with Crippen molar-refractivity contribution in [2.24, 2.45) is 7.05 Å². The second kappa shape index (κ2) is 6.79. The van der Waals surface area contributed by atoms with Crippen LogP contribution in [0.3, 0.4) is 0 Å². The van der Waals surface area contributed by atoms with Gasteiger partial charge in [-0.2, -0.15) is 0 Å². The second-order valence-electron chi connectivity index (χ2n) is 2.87. The van der Waals surface area contributed by atoms with Crippen molar-refractivity contribution in [3.63, 3.8) is 0 Å². The third-order valence-corrected chi connectivity index (χ3v) is 1.69. The fourth-order valence-corrected chi connectivity index (χ4v) is 0.943. The van der Waals surface area contributed by atoms with E-state index in [9.17, 15) is 14.7 Å².